The van der Waals surface area contributed by atoms with Crippen LogP contribution >= 0.6 is 11.6 Å². The summed E-state index contributed by atoms with van der Waals surface area (Å²) < 4.78 is 0. The van der Waals surface area contributed by atoms with E-state index in [1.807, 2.05) is 24.3 Å². The van der Waals surface area contributed by atoms with Crippen LogP contribution in [0.25, 0.3) is 0 Å². The molecule has 0 radical (unpaired) electrons. The second-order valence-electron chi connectivity index (χ2n) is 4.51. The Morgan fingerprint density at radius 2 is 2.06 bits per heavy atom. The fourth-order valence-corrected chi connectivity index (χ4v) is 2.13. The molecule has 4 heteroatoms. The smallest absolute Gasteiger partial charge is 0.207 e. The molecule has 0 aromatic heterocycles. The number of carbonyl (C=O) groups is 1. The monoisotopic (exact) mass is 268 g/mol. The lowest BCUT2D eigenvalue weighted by atomic mass is 10.1. The van der Waals surface area contributed by atoms with Crippen molar-refractivity contribution >= 4 is 18.0 Å². The maximum Gasteiger partial charge on any atom is 0.207 e. The minimum absolute atomic E-state index is 0.371. The van der Waals surface area contributed by atoms with Crippen molar-refractivity contribution in [3.05, 3.63) is 34.9 Å². The van der Waals surface area contributed by atoms with E-state index in [9.17, 15) is 4.79 Å². The van der Waals surface area contributed by atoms with Crippen LogP contribution in [0.1, 0.15) is 25.3 Å². The topological polar surface area (TPSA) is 32.3 Å². The Bertz CT molecular complexity index is 353. The summed E-state index contributed by atoms with van der Waals surface area (Å²) in [5.74, 6) is 0. The third-order valence-corrected chi connectivity index (χ3v) is 3.28. The van der Waals surface area contributed by atoms with Gasteiger partial charge in [0.1, 0.15) is 0 Å². The van der Waals surface area contributed by atoms with Gasteiger partial charge in [0.25, 0.3) is 0 Å². The first-order chi connectivity index (χ1) is 8.67. The summed E-state index contributed by atoms with van der Waals surface area (Å²) in [6, 6.07) is 8.26. The van der Waals surface area contributed by atoms with Gasteiger partial charge >= 0.3 is 0 Å². The summed E-state index contributed by atoms with van der Waals surface area (Å²) in [6.45, 7) is 3.72. The van der Waals surface area contributed by atoms with E-state index in [2.05, 4.69) is 24.2 Å². The van der Waals surface area contributed by atoms with E-state index < -0.39 is 0 Å². The van der Waals surface area contributed by atoms with Crippen LogP contribution in [0.5, 0.6) is 0 Å². The zero-order valence-electron chi connectivity index (χ0n) is 11.0. The number of hydrogen-bond acceptors (Lipinski definition) is 2. The minimum atomic E-state index is 0.371. The molecule has 18 heavy (non-hydrogen) atoms. The van der Waals surface area contributed by atoms with Gasteiger partial charge in [-0.05, 0) is 31.2 Å². The van der Waals surface area contributed by atoms with Gasteiger partial charge in [-0.1, -0.05) is 37.1 Å². The summed E-state index contributed by atoms with van der Waals surface area (Å²) in [4.78, 5) is 12.7. The molecule has 0 aliphatic heterocycles. The first-order valence-electron chi connectivity index (χ1n) is 6.29. The van der Waals surface area contributed by atoms with E-state index in [1.54, 1.807) is 0 Å². The molecule has 1 aromatic rings. The zero-order valence-corrected chi connectivity index (χ0v) is 11.8. The lowest BCUT2D eigenvalue weighted by Gasteiger charge is -2.27. The van der Waals surface area contributed by atoms with Crippen LogP contribution in [0, 0.1) is 0 Å². The Kier molecular flexibility index (Phi) is 6.76. The predicted molar refractivity (Wildman–Crippen MR) is 75.7 cm³/mol. The molecular weight excluding hydrogens is 248 g/mol. The first-order valence-corrected chi connectivity index (χ1v) is 6.67. The van der Waals surface area contributed by atoms with E-state index in [4.69, 9.17) is 11.6 Å². The number of nitrogens with one attached hydrogen (secondary N) is 1. The van der Waals surface area contributed by atoms with E-state index in [1.165, 1.54) is 5.56 Å². The lowest BCUT2D eigenvalue weighted by molar-refractivity contribution is -0.109. The maximum atomic E-state index is 10.4. The van der Waals surface area contributed by atoms with Crippen molar-refractivity contribution < 1.29 is 4.79 Å². The maximum absolute atomic E-state index is 10.4. The Morgan fingerprint density at radius 1 is 1.39 bits per heavy atom. The average molecular weight is 269 g/mol. The minimum Gasteiger partial charge on any atom is -0.357 e. The molecule has 3 nitrogen and oxygen atoms in total. The van der Waals surface area contributed by atoms with Crippen molar-refractivity contribution in [2.45, 2.75) is 32.4 Å². The Hall–Kier alpha value is -1.06. The molecular formula is C14H21ClN2O. The van der Waals surface area contributed by atoms with Gasteiger partial charge in [0.2, 0.25) is 6.41 Å². The van der Waals surface area contributed by atoms with Crippen LogP contribution in [0.2, 0.25) is 5.02 Å². The van der Waals surface area contributed by atoms with Gasteiger partial charge in [-0.2, -0.15) is 0 Å². The van der Waals surface area contributed by atoms with Crippen molar-refractivity contribution in [1.29, 1.82) is 0 Å². The molecule has 0 saturated heterocycles. The average Bonchev–Trinajstić information content (AvgIpc) is 2.37. The van der Waals surface area contributed by atoms with E-state index in [-0.39, 0.29) is 0 Å². The molecule has 0 aliphatic carbocycles. The molecule has 1 atom stereocenters. The van der Waals surface area contributed by atoms with Gasteiger partial charge in [0, 0.05) is 24.2 Å². The van der Waals surface area contributed by atoms with Crippen LogP contribution in [0.15, 0.2) is 24.3 Å². The van der Waals surface area contributed by atoms with E-state index in [0.717, 1.165) is 30.8 Å². The van der Waals surface area contributed by atoms with Gasteiger partial charge < -0.3 is 5.32 Å². The molecule has 0 bridgehead atoms. The summed E-state index contributed by atoms with van der Waals surface area (Å²) in [5.41, 5.74) is 1.23. The number of carbonyl (C=O) groups excluding carboxylic acids is 1. The molecule has 1 amide bonds. The first kappa shape index (κ1) is 15.0. The van der Waals surface area contributed by atoms with Gasteiger partial charge in [0.05, 0.1) is 0 Å². The molecule has 0 fully saturated rings. The Balaban J connectivity index is 2.56. The lowest BCUT2D eigenvalue weighted by Crippen LogP contribution is -2.39. The second kappa shape index (κ2) is 8.11. The fraction of sp³-hybridized carbons (Fsp3) is 0.500. The number of likely N-dealkylation sites (N-methyl/N-ethyl adjacent to an activating group) is 1. The van der Waals surface area contributed by atoms with Crippen LogP contribution < -0.4 is 5.32 Å². The third-order valence-electron chi connectivity index (χ3n) is 3.03. The molecule has 1 unspecified atom stereocenters. The quantitative estimate of drug-likeness (QED) is 0.736. The molecule has 1 aromatic carbocycles. The highest BCUT2D eigenvalue weighted by Gasteiger charge is 2.13. The summed E-state index contributed by atoms with van der Waals surface area (Å²) in [5, 5.41) is 3.52. The Morgan fingerprint density at radius 3 is 2.61 bits per heavy atom. The number of halogens is 1. The number of benzene rings is 1. The van der Waals surface area contributed by atoms with Gasteiger partial charge in [-0.3, -0.25) is 9.69 Å². The fourth-order valence-electron chi connectivity index (χ4n) is 2.00. The van der Waals surface area contributed by atoms with Crippen LogP contribution in [0.3, 0.4) is 0 Å². The summed E-state index contributed by atoms with van der Waals surface area (Å²) in [6.07, 6.45) is 2.94. The van der Waals surface area contributed by atoms with Crippen molar-refractivity contribution in [1.82, 2.24) is 10.2 Å². The SMILES string of the molecule is CCCC(CNC=O)N(C)Cc1ccc(Cl)cc1. The summed E-state index contributed by atoms with van der Waals surface area (Å²) in [7, 11) is 2.08. The molecule has 1 N–H and O–H groups in total. The van der Waals surface area contributed by atoms with Crippen molar-refractivity contribution in [2.24, 2.45) is 0 Å². The second-order valence-corrected chi connectivity index (χ2v) is 4.95. The molecule has 1 rings (SSSR count). The number of hydrogen-bond donors (Lipinski definition) is 1. The van der Waals surface area contributed by atoms with Crippen LogP contribution in [0.4, 0.5) is 0 Å². The highest BCUT2D eigenvalue weighted by molar-refractivity contribution is 6.30. The normalized spacial score (nSPS) is 12.4. The molecule has 0 spiro atoms. The number of rotatable bonds is 8. The van der Waals surface area contributed by atoms with E-state index in [0.29, 0.717) is 12.6 Å². The molecule has 0 saturated carbocycles. The largest absolute Gasteiger partial charge is 0.357 e. The molecule has 100 valence electrons. The van der Waals surface area contributed by atoms with Crippen molar-refractivity contribution in [3.8, 4) is 0 Å². The van der Waals surface area contributed by atoms with Crippen LogP contribution in [-0.4, -0.2) is 30.9 Å². The van der Waals surface area contributed by atoms with Gasteiger partial charge in [-0.15, -0.1) is 0 Å². The Labute approximate surface area is 114 Å². The summed E-state index contributed by atoms with van der Waals surface area (Å²) >= 11 is 5.87. The van der Waals surface area contributed by atoms with Crippen LogP contribution in [-0.2, 0) is 11.3 Å². The van der Waals surface area contributed by atoms with Crippen molar-refractivity contribution in [3.63, 3.8) is 0 Å². The van der Waals surface area contributed by atoms with Crippen molar-refractivity contribution in [2.75, 3.05) is 13.6 Å². The predicted octanol–water partition coefficient (Wildman–Crippen LogP) is 2.69. The standard InChI is InChI=1S/C14H21ClN2O/c1-3-4-14(9-16-11-18)17(2)10-12-5-7-13(15)8-6-12/h5-8,11,14H,3-4,9-10H2,1-2H3,(H,16,18). The van der Waals surface area contributed by atoms with Gasteiger partial charge in [-0.25, -0.2) is 0 Å². The number of amides is 1. The highest BCUT2D eigenvalue weighted by Crippen LogP contribution is 2.13. The molecule has 0 heterocycles. The van der Waals surface area contributed by atoms with E-state index >= 15 is 0 Å². The number of nitrogens with zero attached hydrogens (tertiary/aromatic N) is 1. The van der Waals surface area contributed by atoms with Gasteiger partial charge in [0.15, 0.2) is 0 Å². The third kappa shape index (κ3) is 5.07. The molecule has 0 aliphatic rings. The highest BCUT2D eigenvalue weighted by atomic mass is 35.5. The zero-order chi connectivity index (χ0) is 13.4.